The summed E-state index contributed by atoms with van der Waals surface area (Å²) < 4.78 is 2.07. The second-order valence-corrected chi connectivity index (χ2v) is 11.7. The van der Waals surface area contributed by atoms with E-state index in [1.807, 2.05) is 26.2 Å². The van der Waals surface area contributed by atoms with Gasteiger partial charge in [0, 0.05) is 29.9 Å². The normalized spacial score (nSPS) is 14.1. The third-order valence-corrected chi connectivity index (χ3v) is 9.16. The molecule has 2 aliphatic rings. The summed E-state index contributed by atoms with van der Waals surface area (Å²) in [6.45, 7) is 6.25. The molecule has 0 unspecified atom stereocenters. The minimum absolute atomic E-state index is 0.0912. The average Bonchev–Trinajstić information content (AvgIpc) is 3.28. The average molecular weight is 531 g/mol. The van der Waals surface area contributed by atoms with Gasteiger partial charge in [-0.2, -0.15) is 0 Å². The summed E-state index contributed by atoms with van der Waals surface area (Å²) in [6.07, 6.45) is 1.93. The molecule has 0 N–H and O–H groups in total. The predicted octanol–water partition coefficient (Wildman–Crippen LogP) is 8.61. The molecule has 8 rings (SSSR count). The summed E-state index contributed by atoms with van der Waals surface area (Å²) in [5.41, 5.74) is 15.0. The highest BCUT2D eigenvalue weighted by Crippen LogP contribution is 2.63. The Bertz CT molecular complexity index is 2030. The van der Waals surface area contributed by atoms with E-state index in [4.69, 9.17) is 0 Å². The van der Waals surface area contributed by atoms with Crippen LogP contribution in [0.3, 0.4) is 0 Å². The number of fused-ring (bicyclic) bond motifs is 10. The van der Waals surface area contributed by atoms with Gasteiger partial charge in [-0.25, -0.2) is 0 Å². The lowest BCUT2D eigenvalue weighted by Crippen LogP contribution is -2.36. The smallest absolute Gasteiger partial charge is 0.192 e. The number of pyridine rings is 1. The second kappa shape index (κ2) is 8.31. The zero-order chi connectivity index (χ0) is 28.0. The van der Waals surface area contributed by atoms with Crippen molar-refractivity contribution < 1.29 is 0 Å². The molecule has 1 spiro atoms. The Labute approximate surface area is 240 Å². The molecule has 0 fully saturated rings. The summed E-state index contributed by atoms with van der Waals surface area (Å²) >= 11 is 0. The SMILES string of the molecule is Cc1ccc2c(c1)C1(c3ccccc3-c3ccccc31)c1cc(C)ccc1N2c1ccc2c(=O)c(C)cn(C)c2c1. The number of nitrogens with zero attached hydrogens (tertiary/aromatic N) is 2. The van der Waals surface area contributed by atoms with Crippen LogP contribution in [0, 0.1) is 20.8 Å². The molecule has 3 nitrogen and oxygen atoms in total. The van der Waals surface area contributed by atoms with Gasteiger partial charge in [0.15, 0.2) is 5.43 Å². The van der Waals surface area contributed by atoms with Crippen molar-refractivity contribution in [3.05, 3.63) is 158 Å². The lowest BCUT2D eigenvalue weighted by molar-refractivity contribution is 0.750. The molecule has 5 aromatic carbocycles. The van der Waals surface area contributed by atoms with Crippen molar-refractivity contribution in [2.24, 2.45) is 7.05 Å². The van der Waals surface area contributed by atoms with Gasteiger partial charge < -0.3 is 9.47 Å². The largest absolute Gasteiger partial charge is 0.350 e. The second-order valence-electron chi connectivity index (χ2n) is 11.7. The maximum absolute atomic E-state index is 13.0. The first-order valence-corrected chi connectivity index (χ1v) is 14.2. The summed E-state index contributed by atoms with van der Waals surface area (Å²) in [6, 6.07) is 37.8. The van der Waals surface area contributed by atoms with Crippen LogP contribution in [0.4, 0.5) is 17.1 Å². The van der Waals surface area contributed by atoms with E-state index in [0.717, 1.165) is 33.5 Å². The van der Waals surface area contributed by atoms with Gasteiger partial charge in [0.25, 0.3) is 0 Å². The van der Waals surface area contributed by atoms with Crippen molar-refractivity contribution in [2.45, 2.75) is 26.2 Å². The molecule has 41 heavy (non-hydrogen) atoms. The number of aryl methyl sites for hydroxylation is 4. The van der Waals surface area contributed by atoms with Crippen LogP contribution in [0.2, 0.25) is 0 Å². The molecule has 1 aliphatic carbocycles. The van der Waals surface area contributed by atoms with Crippen LogP contribution in [0.25, 0.3) is 22.0 Å². The highest BCUT2D eigenvalue weighted by atomic mass is 16.1. The Kier molecular flexibility index (Phi) is 4.85. The van der Waals surface area contributed by atoms with E-state index in [1.54, 1.807) is 0 Å². The van der Waals surface area contributed by atoms with E-state index in [-0.39, 0.29) is 5.43 Å². The standard InChI is InChI=1S/C38H30N2O/c1-23-13-17-34-32(19-23)38(30-11-7-5-9-27(30)28-10-6-8-12-31(28)38)33-20-24(2)14-18-35(33)40(34)26-15-16-29-36(21-26)39(4)22-25(3)37(29)41/h5-22H,1-4H3. The van der Waals surface area contributed by atoms with Gasteiger partial charge in [-0.1, -0.05) is 83.9 Å². The molecule has 1 aliphatic heterocycles. The highest BCUT2D eigenvalue weighted by Gasteiger charge is 2.51. The van der Waals surface area contributed by atoms with Gasteiger partial charge >= 0.3 is 0 Å². The Morgan fingerprint density at radius 2 is 1.17 bits per heavy atom. The Morgan fingerprint density at radius 3 is 1.76 bits per heavy atom. The van der Waals surface area contributed by atoms with E-state index in [9.17, 15) is 4.79 Å². The first-order valence-electron chi connectivity index (χ1n) is 14.2. The maximum atomic E-state index is 13.0. The molecule has 198 valence electrons. The van der Waals surface area contributed by atoms with E-state index in [1.165, 1.54) is 44.5 Å². The third-order valence-electron chi connectivity index (χ3n) is 9.16. The lowest BCUT2D eigenvalue weighted by Gasteiger charge is -2.45. The van der Waals surface area contributed by atoms with Crippen molar-refractivity contribution in [1.82, 2.24) is 4.57 Å². The van der Waals surface area contributed by atoms with Gasteiger partial charge in [-0.05, 0) is 84.5 Å². The van der Waals surface area contributed by atoms with E-state index in [0.29, 0.717) is 0 Å². The summed E-state index contributed by atoms with van der Waals surface area (Å²) in [4.78, 5) is 15.4. The van der Waals surface area contributed by atoms with Crippen LogP contribution in [0.1, 0.15) is 38.9 Å². The minimum Gasteiger partial charge on any atom is -0.350 e. The molecule has 3 heteroatoms. The molecular weight excluding hydrogens is 500 g/mol. The number of rotatable bonds is 1. The summed E-state index contributed by atoms with van der Waals surface area (Å²) in [7, 11) is 2.02. The Hall–Kier alpha value is -4.89. The zero-order valence-electron chi connectivity index (χ0n) is 23.7. The highest BCUT2D eigenvalue weighted by molar-refractivity contribution is 5.97. The summed E-state index contributed by atoms with van der Waals surface area (Å²) in [5, 5.41) is 0.747. The molecule has 0 atom stereocenters. The van der Waals surface area contributed by atoms with Gasteiger partial charge in [0.05, 0.1) is 22.3 Å². The van der Waals surface area contributed by atoms with Crippen LogP contribution in [-0.2, 0) is 12.5 Å². The number of aromatic nitrogens is 1. The van der Waals surface area contributed by atoms with Gasteiger partial charge in [-0.15, -0.1) is 0 Å². The first kappa shape index (κ1) is 24.0. The predicted molar refractivity (Wildman–Crippen MR) is 169 cm³/mol. The molecule has 0 bridgehead atoms. The van der Waals surface area contributed by atoms with Crippen molar-refractivity contribution >= 4 is 28.0 Å². The van der Waals surface area contributed by atoms with Gasteiger partial charge in [0.1, 0.15) is 0 Å². The molecular formula is C38H30N2O. The zero-order valence-corrected chi connectivity index (χ0v) is 23.7. The summed E-state index contributed by atoms with van der Waals surface area (Å²) in [5.74, 6) is 0. The first-order chi connectivity index (χ1) is 19.9. The number of benzene rings is 5. The molecule has 0 saturated carbocycles. The molecule has 0 radical (unpaired) electrons. The molecule has 1 aromatic heterocycles. The monoisotopic (exact) mass is 530 g/mol. The lowest BCUT2D eigenvalue weighted by atomic mass is 9.64. The van der Waals surface area contributed by atoms with Crippen molar-refractivity contribution in [3.63, 3.8) is 0 Å². The number of anilines is 3. The molecule has 6 aromatic rings. The quantitative estimate of drug-likeness (QED) is 0.212. The minimum atomic E-state index is -0.437. The number of hydrogen-bond donors (Lipinski definition) is 0. The van der Waals surface area contributed by atoms with E-state index in [2.05, 4.69) is 120 Å². The topological polar surface area (TPSA) is 25.2 Å². The molecule has 0 saturated heterocycles. The van der Waals surface area contributed by atoms with Gasteiger partial charge in [0.2, 0.25) is 0 Å². The van der Waals surface area contributed by atoms with Crippen molar-refractivity contribution in [3.8, 4) is 11.1 Å². The van der Waals surface area contributed by atoms with Crippen LogP contribution in [-0.4, -0.2) is 4.57 Å². The van der Waals surface area contributed by atoms with E-state index < -0.39 is 5.41 Å². The molecule has 0 amide bonds. The molecule has 2 heterocycles. The third kappa shape index (κ3) is 3.06. The van der Waals surface area contributed by atoms with Crippen molar-refractivity contribution in [1.29, 1.82) is 0 Å². The van der Waals surface area contributed by atoms with Crippen LogP contribution in [0.15, 0.2) is 114 Å². The Balaban J connectivity index is 1.51. The number of hydrogen-bond acceptors (Lipinski definition) is 2. The fourth-order valence-electron chi connectivity index (χ4n) is 7.43. The Morgan fingerprint density at radius 1 is 0.610 bits per heavy atom. The van der Waals surface area contributed by atoms with Crippen LogP contribution >= 0.6 is 0 Å². The van der Waals surface area contributed by atoms with E-state index >= 15 is 0 Å². The fourth-order valence-corrected chi connectivity index (χ4v) is 7.43. The maximum Gasteiger partial charge on any atom is 0.192 e. The van der Waals surface area contributed by atoms with Gasteiger partial charge in [-0.3, -0.25) is 4.79 Å². The fraction of sp³-hybridized carbons (Fsp3) is 0.132. The van der Waals surface area contributed by atoms with Crippen molar-refractivity contribution in [2.75, 3.05) is 4.90 Å². The van der Waals surface area contributed by atoms with Crippen LogP contribution < -0.4 is 10.3 Å². The van der Waals surface area contributed by atoms with Crippen LogP contribution in [0.5, 0.6) is 0 Å².